The molecule has 4 N–H and O–H groups in total. The molecule has 14 aliphatic rings. The van der Waals surface area contributed by atoms with Crippen molar-refractivity contribution >= 4 is 44.7 Å². The van der Waals surface area contributed by atoms with E-state index in [1.54, 1.807) is 48.5 Å². The van der Waals surface area contributed by atoms with Crippen molar-refractivity contribution in [2.45, 2.75) is 96.2 Å². The van der Waals surface area contributed by atoms with Crippen molar-refractivity contribution in [1.82, 2.24) is 0 Å². The number of ketones is 4. The predicted octanol–water partition coefficient (Wildman–Crippen LogP) is 8.90. The number of phenolic OH excluding ortho intramolecular Hbond substituents is 4. The highest BCUT2D eigenvalue weighted by Gasteiger charge is 2.96. The molecule has 4 heterocycles. The maximum atomic E-state index is 12.8. The van der Waals surface area contributed by atoms with Gasteiger partial charge in [-0.3, -0.25) is 19.2 Å². The van der Waals surface area contributed by atoms with Crippen LogP contribution >= 0.6 is 0 Å². The number of allylic oxidation sites excluding steroid dienone is 2. The Hall–Kier alpha value is -7.76. The Balaban J connectivity index is 0.0000000869. The minimum Gasteiger partial charge on any atom is -0.507 e. The molecular weight excluding hydrogens is 977 g/mol. The molecule has 6 aromatic carbocycles. The first-order valence-electron chi connectivity index (χ1n) is 25.7. The van der Waals surface area contributed by atoms with Crippen molar-refractivity contribution in [3.8, 4) is 23.0 Å². The third-order valence-corrected chi connectivity index (χ3v) is 19.8. The lowest BCUT2D eigenvalue weighted by Gasteiger charge is -2.25. The average molecular weight is 1020 g/mol. The monoisotopic (exact) mass is 1020 g/mol. The number of hydrogen-bond acceptors (Lipinski definition) is 16. The second kappa shape index (κ2) is 15.0. The summed E-state index contributed by atoms with van der Waals surface area (Å²) in [6.07, 6.45) is 13.1. The van der Waals surface area contributed by atoms with Crippen LogP contribution in [0.15, 0.2) is 121 Å². The molecule has 8 fully saturated rings. The fraction of sp³-hybridized carbons (Fsp3) is 0.333. The Morgan fingerprint density at radius 1 is 0.368 bits per heavy atom. The summed E-state index contributed by atoms with van der Waals surface area (Å²) < 4.78 is 23.0. The van der Waals surface area contributed by atoms with Gasteiger partial charge in [-0.2, -0.15) is 0 Å². The van der Waals surface area contributed by atoms with E-state index in [-0.39, 0.29) is 94.9 Å². The molecule has 4 saturated heterocycles. The zero-order chi connectivity index (χ0) is 52.3. The van der Waals surface area contributed by atoms with Gasteiger partial charge < -0.3 is 39.4 Å². The Labute approximate surface area is 430 Å². The molecule has 76 heavy (non-hydrogen) atoms. The summed E-state index contributed by atoms with van der Waals surface area (Å²) in [5, 5.41) is 44.7. The number of carbonyl (C=O) groups is 4. The lowest BCUT2D eigenvalue weighted by molar-refractivity contribution is 0.0653. The molecule has 4 saturated carbocycles. The number of benzene rings is 6. The third-order valence-electron chi connectivity index (χ3n) is 19.8. The highest BCUT2D eigenvalue weighted by atomic mass is 16.7. The molecule has 16 nitrogen and oxygen atoms in total. The third kappa shape index (κ3) is 5.05. The summed E-state index contributed by atoms with van der Waals surface area (Å²) >= 11 is 0. The standard InChI is InChI=1S/C15H10O4.C15H10O3.C15H12O3.C15H12O2.2O2/c16-12-6-3-1-2-4-7(6)13(17)15-9-5-8(10-11(9)18-10)14(12,15)19-15;16-12-10-3-1-2-4-11(10)13(17)15-9-6-5-8(7-9)14(12,15)18-15;16-12-6-3-1-2-4-7(6)13(17)11-9-5-8(10(11)12)14-15(9)18-14;16-14-10-3-1-2-4-11(10)15(17)13-9-6-5-8(7-9)12(13)14;2*1-2/h1-4,8-11H,5H2;1-6,8-9H,7H2;1-4,8-9,14-17H,5H2;1-6,8-9,16-17H,7H2;;/t8-,9+,10?,11?,14?,15?;2*8-,9+,14?,15?;8-,9+;;. The molecule has 4 aliphatic heterocycles. The van der Waals surface area contributed by atoms with E-state index in [2.05, 4.69) is 24.3 Å². The van der Waals surface area contributed by atoms with Crippen LogP contribution in [0.2, 0.25) is 0 Å². The number of Topliss-reactive ketones (excluding diaryl/α,β-unsaturated/α-hetero) is 4. The van der Waals surface area contributed by atoms with Crippen LogP contribution in [-0.4, -0.2) is 90.4 Å². The van der Waals surface area contributed by atoms with Gasteiger partial charge in [0.15, 0.2) is 45.5 Å². The van der Waals surface area contributed by atoms with Gasteiger partial charge in [-0.1, -0.05) is 121 Å². The first kappa shape index (κ1) is 45.6. The van der Waals surface area contributed by atoms with E-state index in [0.717, 1.165) is 69.5 Å². The molecule has 0 aromatic heterocycles. The van der Waals surface area contributed by atoms with Gasteiger partial charge in [-0.25, -0.2) is 0 Å². The Morgan fingerprint density at radius 3 is 1.09 bits per heavy atom. The number of carbonyl (C=O) groups excluding carboxylic acids is 4. The van der Waals surface area contributed by atoms with Crippen LogP contribution in [0.5, 0.6) is 23.0 Å². The highest BCUT2D eigenvalue weighted by Crippen LogP contribution is 2.79. The maximum Gasteiger partial charge on any atom is 0.199 e. The van der Waals surface area contributed by atoms with Gasteiger partial charge in [0.1, 0.15) is 23.0 Å². The fourth-order valence-corrected chi connectivity index (χ4v) is 16.8. The van der Waals surface area contributed by atoms with Gasteiger partial charge in [0.25, 0.3) is 0 Å². The Morgan fingerprint density at radius 2 is 0.697 bits per heavy atom. The zero-order valence-corrected chi connectivity index (χ0v) is 40.0. The smallest absolute Gasteiger partial charge is 0.199 e. The molecule has 8 unspecified atom stereocenters. The zero-order valence-electron chi connectivity index (χ0n) is 40.0. The van der Waals surface area contributed by atoms with E-state index in [1.165, 1.54) is 0 Å². The lowest BCUT2D eigenvalue weighted by Crippen LogP contribution is -2.50. The Kier molecular flexibility index (Phi) is 9.00. The van der Waals surface area contributed by atoms with Crippen LogP contribution in [0.4, 0.5) is 0 Å². The van der Waals surface area contributed by atoms with Crippen molar-refractivity contribution in [3.05, 3.63) is 186 Å². The van der Waals surface area contributed by atoms with E-state index in [4.69, 9.17) is 38.8 Å². The van der Waals surface area contributed by atoms with Gasteiger partial charge in [-0.15, -0.1) is 0 Å². The van der Waals surface area contributed by atoms with E-state index in [0.29, 0.717) is 45.3 Å². The number of hydrogen-bond donors (Lipinski definition) is 4. The van der Waals surface area contributed by atoms with Crippen molar-refractivity contribution in [2.75, 3.05) is 0 Å². The van der Waals surface area contributed by atoms with Crippen molar-refractivity contribution in [1.29, 1.82) is 0 Å². The van der Waals surface area contributed by atoms with Crippen LogP contribution < -0.4 is 0 Å². The molecule has 0 spiro atoms. The Bertz CT molecular complexity index is 3540. The molecule has 0 radical (unpaired) electrons. The molecule has 8 bridgehead atoms. The SMILES string of the molecule is O=C1c2ccccc2C(=O)C23OC12[C@@H]1C=C[C@H]3C1.O=C1c2ccccc2C(=O)C23OC12[C@@H]1C[C@H]3C2OC21.O=O.O=O.Oc1c2c(c(O)c3ccccc13)[C@@H]1C[C@H]2C2OC21.Oc1c2c(c(O)c3ccccc13)[C@H]1C=C[C@@H]2C1. The van der Waals surface area contributed by atoms with Gasteiger partial charge in [0.2, 0.25) is 0 Å². The van der Waals surface area contributed by atoms with Crippen molar-refractivity contribution in [2.24, 2.45) is 23.7 Å². The minimum atomic E-state index is -0.874. The first-order chi connectivity index (χ1) is 37.0. The lowest BCUT2D eigenvalue weighted by atomic mass is 9.67. The molecule has 20 rings (SSSR count). The van der Waals surface area contributed by atoms with Crippen LogP contribution in [0, 0.1) is 43.5 Å². The van der Waals surface area contributed by atoms with E-state index >= 15 is 0 Å². The second-order valence-corrected chi connectivity index (χ2v) is 22.4. The van der Waals surface area contributed by atoms with Crippen LogP contribution in [-0.2, 0) is 18.9 Å². The second-order valence-electron chi connectivity index (χ2n) is 22.4. The van der Waals surface area contributed by atoms with Gasteiger partial charge in [0, 0.05) is 133 Å². The highest BCUT2D eigenvalue weighted by molar-refractivity contribution is 6.27. The quantitative estimate of drug-likeness (QED) is 0.0628. The molecule has 6 aromatic rings. The van der Waals surface area contributed by atoms with E-state index < -0.39 is 22.4 Å². The van der Waals surface area contributed by atoms with E-state index in [9.17, 15) is 39.6 Å². The molecule has 10 aliphatic carbocycles. The summed E-state index contributed by atoms with van der Waals surface area (Å²) in [4.78, 5) is 79.0. The van der Waals surface area contributed by atoms with Gasteiger partial charge >= 0.3 is 0 Å². The van der Waals surface area contributed by atoms with Gasteiger partial charge in [-0.05, 0) is 25.7 Å². The van der Waals surface area contributed by atoms with Gasteiger partial charge in [0.05, 0.1) is 24.4 Å². The normalized spacial score (nSPS) is 38.2. The molecule has 16 atom stereocenters. The van der Waals surface area contributed by atoms with E-state index in [1.807, 2.05) is 48.5 Å². The number of epoxide rings is 4. The number of ether oxygens (including phenoxy) is 4. The molecule has 16 heteroatoms. The molecular formula is C60H44O16. The van der Waals surface area contributed by atoms with Crippen LogP contribution in [0.25, 0.3) is 21.5 Å². The molecule has 0 amide bonds. The molecule has 380 valence electrons. The van der Waals surface area contributed by atoms with Crippen LogP contribution in [0.3, 0.4) is 0 Å². The summed E-state index contributed by atoms with van der Waals surface area (Å²) in [5.41, 5.74) is 2.45. The number of fused-ring (bicyclic) bond motifs is 24. The minimum absolute atomic E-state index is 0.00384. The van der Waals surface area contributed by atoms with Crippen molar-refractivity contribution in [3.63, 3.8) is 0 Å². The first-order valence-corrected chi connectivity index (χ1v) is 25.7. The largest absolute Gasteiger partial charge is 0.507 e. The number of rotatable bonds is 0. The summed E-state index contributed by atoms with van der Waals surface area (Å²) in [6.45, 7) is 0. The maximum absolute atomic E-state index is 12.8. The topological polar surface area (TPSA) is 268 Å². The number of phenols is 4. The summed E-state index contributed by atoms with van der Waals surface area (Å²) in [5.74, 6) is 2.92. The average Bonchev–Trinajstić information content (AvgIpc) is 3.50. The fourth-order valence-electron chi connectivity index (χ4n) is 16.8. The predicted molar refractivity (Wildman–Crippen MR) is 270 cm³/mol. The van der Waals surface area contributed by atoms with Crippen LogP contribution in [0.1, 0.15) is 113 Å². The van der Waals surface area contributed by atoms with Crippen molar-refractivity contribution < 1.29 is 58.6 Å². The summed E-state index contributed by atoms with van der Waals surface area (Å²) in [7, 11) is 0. The number of aromatic hydroxyl groups is 4. The summed E-state index contributed by atoms with van der Waals surface area (Å²) in [6, 6.07) is 29.2.